The van der Waals surface area contributed by atoms with Crippen molar-refractivity contribution >= 4 is 5.97 Å². The highest BCUT2D eigenvalue weighted by molar-refractivity contribution is 5.90. The molecule has 0 aliphatic rings. The molecule has 0 heterocycles. The Morgan fingerprint density at radius 2 is 1.83 bits per heavy atom. The highest BCUT2D eigenvalue weighted by Gasteiger charge is 2.09. The number of rotatable bonds is 3. The van der Waals surface area contributed by atoms with Gasteiger partial charge < -0.3 is 4.74 Å². The molecule has 0 saturated heterocycles. The Morgan fingerprint density at radius 3 is 2.50 bits per heavy atom. The largest absolute Gasteiger partial charge is 0.423 e. The standard InChI is InChI=1S/C15H13FO2/c1-11(16)13-8-5-9-14(10-13)18-15(17)12-6-3-2-4-7-12/h2-11H,1H3. The van der Waals surface area contributed by atoms with E-state index in [2.05, 4.69) is 0 Å². The van der Waals surface area contributed by atoms with Gasteiger partial charge in [0.25, 0.3) is 0 Å². The molecule has 18 heavy (non-hydrogen) atoms. The minimum absolute atomic E-state index is 0.353. The Hall–Kier alpha value is -2.16. The summed E-state index contributed by atoms with van der Waals surface area (Å²) in [6.07, 6.45) is -1.08. The van der Waals surface area contributed by atoms with E-state index in [0.29, 0.717) is 16.9 Å². The fourth-order valence-electron chi connectivity index (χ4n) is 1.57. The predicted octanol–water partition coefficient (Wildman–Crippen LogP) is 3.94. The van der Waals surface area contributed by atoms with Crippen LogP contribution in [0.15, 0.2) is 54.6 Å². The Morgan fingerprint density at radius 1 is 1.11 bits per heavy atom. The molecular formula is C15H13FO2. The second-order valence-electron chi connectivity index (χ2n) is 3.94. The van der Waals surface area contributed by atoms with E-state index in [-0.39, 0.29) is 0 Å². The van der Waals surface area contributed by atoms with E-state index < -0.39 is 12.1 Å². The lowest BCUT2D eigenvalue weighted by Crippen LogP contribution is -2.08. The zero-order chi connectivity index (χ0) is 13.0. The normalized spacial score (nSPS) is 11.9. The summed E-state index contributed by atoms with van der Waals surface area (Å²) in [7, 11) is 0. The van der Waals surface area contributed by atoms with Gasteiger partial charge in [0.15, 0.2) is 0 Å². The van der Waals surface area contributed by atoms with Crippen LogP contribution in [0.3, 0.4) is 0 Å². The van der Waals surface area contributed by atoms with Crippen LogP contribution < -0.4 is 4.74 Å². The number of carbonyl (C=O) groups excluding carboxylic acids is 1. The van der Waals surface area contributed by atoms with Crippen LogP contribution in [0.4, 0.5) is 4.39 Å². The second-order valence-corrected chi connectivity index (χ2v) is 3.94. The Balaban J connectivity index is 2.15. The molecule has 0 aliphatic heterocycles. The van der Waals surface area contributed by atoms with Crippen molar-refractivity contribution in [1.82, 2.24) is 0 Å². The first-order chi connectivity index (χ1) is 8.66. The lowest BCUT2D eigenvalue weighted by Gasteiger charge is -2.07. The van der Waals surface area contributed by atoms with Crippen molar-refractivity contribution < 1.29 is 13.9 Å². The van der Waals surface area contributed by atoms with Crippen LogP contribution in [0.5, 0.6) is 5.75 Å². The van der Waals surface area contributed by atoms with Gasteiger partial charge in [0.05, 0.1) is 5.56 Å². The third kappa shape index (κ3) is 2.94. The monoisotopic (exact) mass is 244 g/mol. The van der Waals surface area contributed by atoms with E-state index in [1.807, 2.05) is 6.07 Å². The van der Waals surface area contributed by atoms with Crippen LogP contribution in [0.1, 0.15) is 29.0 Å². The van der Waals surface area contributed by atoms with Crippen LogP contribution in [0, 0.1) is 0 Å². The van der Waals surface area contributed by atoms with Gasteiger partial charge >= 0.3 is 5.97 Å². The molecule has 2 aromatic rings. The number of halogens is 1. The van der Waals surface area contributed by atoms with E-state index in [1.165, 1.54) is 13.0 Å². The molecule has 0 aliphatic carbocycles. The minimum Gasteiger partial charge on any atom is -0.423 e. The lowest BCUT2D eigenvalue weighted by atomic mass is 10.1. The van der Waals surface area contributed by atoms with Gasteiger partial charge in [0, 0.05) is 0 Å². The fraction of sp³-hybridized carbons (Fsp3) is 0.133. The molecule has 0 N–H and O–H groups in total. The molecule has 3 heteroatoms. The number of hydrogen-bond donors (Lipinski definition) is 0. The fourth-order valence-corrected chi connectivity index (χ4v) is 1.57. The van der Waals surface area contributed by atoms with Gasteiger partial charge in [-0.1, -0.05) is 30.3 Å². The second kappa shape index (κ2) is 5.45. The number of benzene rings is 2. The third-order valence-electron chi connectivity index (χ3n) is 2.54. The van der Waals surface area contributed by atoms with Gasteiger partial charge in [-0.25, -0.2) is 9.18 Å². The SMILES string of the molecule is CC(F)c1cccc(OC(=O)c2ccccc2)c1. The Labute approximate surface area is 105 Å². The highest BCUT2D eigenvalue weighted by Crippen LogP contribution is 2.22. The third-order valence-corrected chi connectivity index (χ3v) is 2.54. The zero-order valence-corrected chi connectivity index (χ0v) is 9.97. The zero-order valence-electron chi connectivity index (χ0n) is 9.97. The van der Waals surface area contributed by atoms with Crippen molar-refractivity contribution in [1.29, 1.82) is 0 Å². The maximum absolute atomic E-state index is 13.1. The molecule has 2 aromatic carbocycles. The van der Waals surface area contributed by atoms with Crippen LogP contribution in [0.25, 0.3) is 0 Å². The number of hydrogen-bond acceptors (Lipinski definition) is 2. The first-order valence-corrected chi connectivity index (χ1v) is 5.68. The molecule has 0 bridgehead atoms. The van der Waals surface area contributed by atoms with Crippen LogP contribution >= 0.6 is 0 Å². The molecular weight excluding hydrogens is 231 g/mol. The summed E-state index contributed by atoms with van der Waals surface area (Å²) in [5.74, 6) is -0.0925. The Kier molecular flexibility index (Phi) is 3.72. The van der Waals surface area contributed by atoms with Gasteiger partial charge in [-0.05, 0) is 36.8 Å². The van der Waals surface area contributed by atoms with Crippen molar-refractivity contribution in [2.75, 3.05) is 0 Å². The molecule has 2 rings (SSSR count). The van der Waals surface area contributed by atoms with Crippen LogP contribution in [-0.4, -0.2) is 5.97 Å². The van der Waals surface area contributed by atoms with E-state index >= 15 is 0 Å². The topological polar surface area (TPSA) is 26.3 Å². The molecule has 0 aromatic heterocycles. The molecule has 1 unspecified atom stereocenters. The van der Waals surface area contributed by atoms with Gasteiger partial charge in [-0.15, -0.1) is 0 Å². The van der Waals surface area contributed by atoms with Gasteiger partial charge in [-0.2, -0.15) is 0 Å². The van der Waals surface area contributed by atoms with Crippen molar-refractivity contribution in [3.63, 3.8) is 0 Å². The maximum Gasteiger partial charge on any atom is 0.343 e. The lowest BCUT2D eigenvalue weighted by molar-refractivity contribution is 0.0734. The number of ether oxygens (including phenoxy) is 1. The molecule has 0 spiro atoms. The van der Waals surface area contributed by atoms with Gasteiger partial charge in [0.1, 0.15) is 11.9 Å². The molecule has 92 valence electrons. The van der Waals surface area contributed by atoms with E-state index in [1.54, 1.807) is 42.5 Å². The summed E-state index contributed by atoms with van der Waals surface area (Å²) in [5.41, 5.74) is 0.963. The summed E-state index contributed by atoms with van der Waals surface area (Å²) in [5, 5.41) is 0. The van der Waals surface area contributed by atoms with Crippen molar-refractivity contribution in [2.24, 2.45) is 0 Å². The van der Waals surface area contributed by atoms with Crippen LogP contribution in [-0.2, 0) is 0 Å². The van der Waals surface area contributed by atoms with E-state index in [0.717, 1.165) is 0 Å². The van der Waals surface area contributed by atoms with Crippen molar-refractivity contribution in [3.8, 4) is 5.75 Å². The Bertz CT molecular complexity index is 535. The summed E-state index contributed by atoms with van der Waals surface area (Å²) in [6, 6.07) is 15.2. The highest BCUT2D eigenvalue weighted by atomic mass is 19.1. The first kappa shape index (κ1) is 12.3. The van der Waals surface area contributed by atoms with E-state index in [9.17, 15) is 9.18 Å². The number of esters is 1. The molecule has 0 fully saturated rings. The van der Waals surface area contributed by atoms with Crippen LogP contribution in [0.2, 0.25) is 0 Å². The summed E-state index contributed by atoms with van der Waals surface area (Å²) < 4.78 is 18.3. The first-order valence-electron chi connectivity index (χ1n) is 5.68. The smallest absolute Gasteiger partial charge is 0.343 e. The maximum atomic E-state index is 13.1. The van der Waals surface area contributed by atoms with Crippen molar-refractivity contribution in [2.45, 2.75) is 13.1 Å². The van der Waals surface area contributed by atoms with E-state index in [4.69, 9.17) is 4.74 Å². The summed E-state index contributed by atoms with van der Waals surface area (Å²) in [6.45, 7) is 1.44. The molecule has 0 amide bonds. The average molecular weight is 244 g/mol. The molecule has 0 saturated carbocycles. The van der Waals surface area contributed by atoms with Crippen molar-refractivity contribution in [3.05, 3.63) is 65.7 Å². The molecule has 1 atom stereocenters. The summed E-state index contributed by atoms with van der Waals surface area (Å²) in [4.78, 5) is 11.8. The molecule has 2 nitrogen and oxygen atoms in total. The molecule has 0 radical (unpaired) electrons. The van der Waals surface area contributed by atoms with Gasteiger partial charge in [-0.3, -0.25) is 0 Å². The minimum atomic E-state index is -1.08. The number of alkyl halides is 1. The summed E-state index contributed by atoms with van der Waals surface area (Å²) >= 11 is 0. The quantitative estimate of drug-likeness (QED) is 0.604. The average Bonchev–Trinajstić information content (AvgIpc) is 2.40. The number of carbonyl (C=O) groups is 1. The predicted molar refractivity (Wildman–Crippen MR) is 67.4 cm³/mol. The van der Waals surface area contributed by atoms with Gasteiger partial charge in [0.2, 0.25) is 0 Å².